The Morgan fingerprint density at radius 3 is 2.60 bits per heavy atom. The summed E-state index contributed by atoms with van der Waals surface area (Å²) < 4.78 is 5.39. The Balaban J connectivity index is 0.00000112. The van der Waals surface area contributed by atoms with Gasteiger partial charge in [-0.25, -0.2) is 0 Å². The van der Waals surface area contributed by atoms with Crippen molar-refractivity contribution in [2.24, 2.45) is 0 Å². The van der Waals surface area contributed by atoms with Gasteiger partial charge in [-0.2, -0.15) is 0 Å². The van der Waals surface area contributed by atoms with Crippen LogP contribution < -0.4 is 5.43 Å². The monoisotopic (exact) mass is 199 g/mol. The van der Waals surface area contributed by atoms with Gasteiger partial charge < -0.3 is 9.52 Å². The van der Waals surface area contributed by atoms with Crippen molar-refractivity contribution in [3.63, 3.8) is 0 Å². The van der Waals surface area contributed by atoms with Crippen molar-refractivity contribution in [1.29, 1.82) is 0 Å². The van der Waals surface area contributed by atoms with E-state index in [1.165, 1.54) is 6.07 Å². The molecule has 0 unspecified atom stereocenters. The molecule has 0 bridgehead atoms. The molecular weight excluding hydrogens is 189 g/mol. The minimum atomic E-state index is -0.165. The Morgan fingerprint density at radius 2 is 1.93 bits per heavy atom. The van der Waals surface area contributed by atoms with Gasteiger partial charge in [0, 0.05) is 15.7 Å². The van der Waals surface area contributed by atoms with Crippen molar-refractivity contribution in [3.8, 4) is 5.75 Å². The van der Waals surface area contributed by atoms with Crippen molar-refractivity contribution in [1.82, 2.24) is 0 Å². The van der Waals surface area contributed by atoms with Gasteiger partial charge in [-0.3, -0.25) is 4.79 Å². The van der Waals surface area contributed by atoms with E-state index in [0.717, 1.165) is 0 Å². The Bertz CT molecular complexity index is 557. The van der Waals surface area contributed by atoms with Crippen LogP contribution in [0, 0.1) is 13.8 Å². The number of aromatic hydroxyl groups is 1. The van der Waals surface area contributed by atoms with Crippen molar-refractivity contribution >= 4 is 21.1 Å². The first-order chi connectivity index (χ1) is 6.61. The average Bonchev–Trinajstić information content (AvgIpc) is 2.14. The molecule has 0 saturated carbocycles. The predicted octanol–water partition coefficient (Wildman–Crippen LogP) is 1.73. The van der Waals surface area contributed by atoms with Crippen LogP contribution in [0.3, 0.4) is 0 Å². The van der Waals surface area contributed by atoms with Crippen LogP contribution >= 0.6 is 0 Å². The van der Waals surface area contributed by atoms with E-state index < -0.39 is 0 Å². The molecule has 74 valence electrons. The van der Waals surface area contributed by atoms with Gasteiger partial charge in [0.1, 0.15) is 22.5 Å². The molecule has 2 aromatic rings. The Hall–Kier alpha value is -1.60. The summed E-state index contributed by atoms with van der Waals surface area (Å²) in [5, 5.41) is 9.77. The van der Waals surface area contributed by atoms with Gasteiger partial charge in [-0.1, -0.05) is 6.07 Å². The third-order valence-electron chi connectivity index (χ3n) is 2.36. The summed E-state index contributed by atoms with van der Waals surface area (Å²) >= 11 is 0. The first kappa shape index (κ1) is 11.5. The molecule has 0 saturated heterocycles. The van der Waals surface area contributed by atoms with E-state index in [1.807, 2.05) is 0 Å². The zero-order chi connectivity index (χ0) is 10.3. The van der Waals surface area contributed by atoms with Crippen LogP contribution in [0.25, 0.3) is 11.0 Å². The quantitative estimate of drug-likeness (QED) is 0.657. The number of aryl methyl sites for hydroxylation is 1. The molecule has 2 rings (SSSR count). The number of hydrogen-bond donors (Lipinski definition) is 1. The minimum absolute atomic E-state index is 0. The van der Waals surface area contributed by atoms with Gasteiger partial charge in [0.2, 0.25) is 0 Å². The van der Waals surface area contributed by atoms with Gasteiger partial charge in [-0.15, -0.1) is 0 Å². The molecular formula is C11H10BeO3. The third kappa shape index (κ3) is 1.66. The first-order valence-corrected chi connectivity index (χ1v) is 4.33. The molecule has 0 aliphatic heterocycles. The molecule has 4 heteroatoms. The van der Waals surface area contributed by atoms with Crippen LogP contribution in [0.5, 0.6) is 5.75 Å². The molecule has 0 fully saturated rings. The summed E-state index contributed by atoms with van der Waals surface area (Å²) in [5.74, 6) is 0.562. The summed E-state index contributed by atoms with van der Waals surface area (Å²) in [7, 11) is 0. The average molecular weight is 199 g/mol. The molecule has 0 spiro atoms. The fraction of sp³-hybridized carbons (Fsp3) is 0.182. The number of phenolic OH excluding ortho intramolecular Hbond substituents is 1. The summed E-state index contributed by atoms with van der Waals surface area (Å²) in [6.45, 7) is 3.42. The van der Waals surface area contributed by atoms with E-state index in [9.17, 15) is 9.90 Å². The van der Waals surface area contributed by atoms with Crippen LogP contribution in [0.1, 0.15) is 11.3 Å². The molecule has 3 nitrogen and oxygen atoms in total. The maximum atomic E-state index is 11.7. The minimum Gasteiger partial charge on any atom is -0.507 e. The molecule has 2 radical (unpaired) electrons. The van der Waals surface area contributed by atoms with Crippen molar-refractivity contribution < 1.29 is 9.52 Å². The van der Waals surface area contributed by atoms with E-state index in [0.29, 0.717) is 16.9 Å². The SMILES string of the molecule is Cc1oc2cccc(O)c2c(=O)c1C.[Be]. The first-order valence-electron chi connectivity index (χ1n) is 4.33. The van der Waals surface area contributed by atoms with E-state index >= 15 is 0 Å². The molecule has 1 aromatic heterocycles. The van der Waals surface area contributed by atoms with Crippen molar-refractivity contribution in [3.05, 3.63) is 39.7 Å². The molecule has 15 heavy (non-hydrogen) atoms. The topological polar surface area (TPSA) is 50.4 Å². The normalized spacial score (nSPS) is 10.0. The van der Waals surface area contributed by atoms with Crippen LogP contribution in [0.2, 0.25) is 0 Å². The number of rotatable bonds is 0. The van der Waals surface area contributed by atoms with Gasteiger partial charge in [0.05, 0.1) is 0 Å². The summed E-state index contributed by atoms with van der Waals surface area (Å²) in [5.41, 5.74) is 0.805. The predicted molar refractivity (Wildman–Crippen MR) is 59.4 cm³/mol. The zero-order valence-electron chi connectivity index (χ0n) is 8.70. The molecule has 0 atom stereocenters. The second-order valence-electron chi connectivity index (χ2n) is 3.26. The molecule has 1 N–H and O–H groups in total. The Morgan fingerprint density at radius 1 is 1.27 bits per heavy atom. The number of phenols is 1. The number of fused-ring (bicyclic) bond motifs is 1. The van der Waals surface area contributed by atoms with Crippen LogP contribution in [-0.4, -0.2) is 15.2 Å². The summed E-state index contributed by atoms with van der Waals surface area (Å²) in [6, 6.07) is 4.80. The summed E-state index contributed by atoms with van der Waals surface area (Å²) in [6.07, 6.45) is 0. The third-order valence-corrected chi connectivity index (χ3v) is 2.36. The smallest absolute Gasteiger partial charge is 0.199 e. The van der Waals surface area contributed by atoms with Crippen LogP contribution in [0.15, 0.2) is 27.4 Å². The van der Waals surface area contributed by atoms with E-state index in [1.54, 1.807) is 26.0 Å². The Labute approximate surface area is 90.6 Å². The van der Waals surface area contributed by atoms with Crippen LogP contribution in [0.4, 0.5) is 0 Å². The fourth-order valence-corrected chi connectivity index (χ4v) is 1.42. The van der Waals surface area contributed by atoms with E-state index in [4.69, 9.17) is 4.42 Å². The van der Waals surface area contributed by atoms with Gasteiger partial charge in [0.15, 0.2) is 5.43 Å². The molecule has 0 aliphatic carbocycles. The largest absolute Gasteiger partial charge is 0.507 e. The van der Waals surface area contributed by atoms with Gasteiger partial charge in [-0.05, 0) is 26.0 Å². The Kier molecular flexibility index (Phi) is 2.96. The molecule has 1 heterocycles. The van der Waals surface area contributed by atoms with E-state index in [2.05, 4.69) is 0 Å². The maximum Gasteiger partial charge on any atom is 0.199 e. The molecule has 1 aromatic carbocycles. The van der Waals surface area contributed by atoms with Gasteiger partial charge in [0.25, 0.3) is 0 Å². The number of hydrogen-bond acceptors (Lipinski definition) is 3. The summed E-state index contributed by atoms with van der Waals surface area (Å²) in [4.78, 5) is 11.7. The number of benzene rings is 1. The van der Waals surface area contributed by atoms with Crippen molar-refractivity contribution in [2.75, 3.05) is 0 Å². The van der Waals surface area contributed by atoms with Gasteiger partial charge >= 0.3 is 0 Å². The van der Waals surface area contributed by atoms with Crippen molar-refractivity contribution in [2.45, 2.75) is 13.8 Å². The molecule has 0 aliphatic rings. The molecule has 0 amide bonds. The van der Waals surface area contributed by atoms with Crippen LogP contribution in [-0.2, 0) is 0 Å². The second-order valence-corrected chi connectivity index (χ2v) is 3.26. The standard InChI is InChI=1S/C11H10O3.Be/c1-6-7(2)14-9-5-3-4-8(12)10(9)11(6)13;/h3-5,12H,1-2H3;. The zero-order valence-corrected chi connectivity index (χ0v) is 8.70. The maximum absolute atomic E-state index is 11.7. The fourth-order valence-electron chi connectivity index (χ4n) is 1.42. The second kappa shape index (κ2) is 3.87. The van der Waals surface area contributed by atoms with E-state index in [-0.39, 0.29) is 26.7 Å².